The minimum atomic E-state index is -5.40. The molecule has 1 aromatic carbocycles. The molecule has 25 heteroatoms. The van der Waals surface area contributed by atoms with Crippen molar-refractivity contribution in [2.75, 3.05) is 46.2 Å². The van der Waals surface area contributed by atoms with Gasteiger partial charge in [0.1, 0.15) is 74.8 Å². The lowest BCUT2D eigenvalue weighted by Crippen LogP contribution is -2.73. The maximum absolute atomic E-state index is 14.8. The summed E-state index contributed by atoms with van der Waals surface area (Å²) in [6.07, 6.45) is -5.42. The maximum Gasteiger partial charge on any atom is 0.681 e. The van der Waals surface area contributed by atoms with Crippen molar-refractivity contribution < 1.29 is 88.8 Å². The first-order valence-corrected chi connectivity index (χ1v) is 27.6. The molecule has 0 saturated carbocycles. The Bertz CT molecular complexity index is 2490. The number of ether oxygens (including phenoxy) is 15. The van der Waals surface area contributed by atoms with Crippen LogP contribution in [0.1, 0.15) is 102 Å². The number of benzene rings is 1. The third-order valence-electron chi connectivity index (χ3n) is 15.0. The van der Waals surface area contributed by atoms with Gasteiger partial charge in [-0.2, -0.15) is 0 Å². The highest BCUT2D eigenvalue weighted by atomic mass is 28.4. The van der Waals surface area contributed by atoms with Crippen LogP contribution >= 0.6 is 0 Å². The Morgan fingerprint density at radius 2 is 0.893 bits per heavy atom. The van der Waals surface area contributed by atoms with Crippen molar-refractivity contribution in [1.29, 1.82) is 0 Å². The Kier molecular flexibility index (Phi) is 12.4. The highest BCUT2D eigenvalue weighted by Gasteiger charge is 2.74. The van der Waals surface area contributed by atoms with E-state index in [1.54, 1.807) is 119 Å². The minimum absolute atomic E-state index is 0.0299. The average molecular weight is 1080 g/mol. The van der Waals surface area contributed by atoms with Crippen molar-refractivity contribution in [2.45, 2.75) is 209 Å². The average Bonchev–Trinajstić information content (AvgIpc) is 4.18. The topological polar surface area (TPSA) is 224 Å². The van der Waals surface area contributed by atoms with Crippen molar-refractivity contribution in [2.24, 2.45) is 0 Å². The van der Waals surface area contributed by atoms with Crippen molar-refractivity contribution in [3.8, 4) is 5.69 Å². The number of allylic oxidation sites excluding steroid dienone is 1. The summed E-state index contributed by atoms with van der Waals surface area (Å²) in [5, 5.41) is 0. The second-order valence-electron chi connectivity index (χ2n) is 23.7. The van der Waals surface area contributed by atoms with Gasteiger partial charge in [0.05, 0.1) is 44.2 Å². The van der Waals surface area contributed by atoms with Crippen LogP contribution in [-0.4, -0.2) is 176 Å². The van der Waals surface area contributed by atoms with Crippen LogP contribution in [0.3, 0.4) is 0 Å². The van der Waals surface area contributed by atoms with Crippen LogP contribution in [0.5, 0.6) is 0 Å². The van der Waals surface area contributed by atoms with Crippen molar-refractivity contribution in [3.05, 3.63) is 63.5 Å². The molecule has 0 N–H and O–H groups in total. The van der Waals surface area contributed by atoms with E-state index in [1.807, 2.05) is 13.0 Å². The molecule has 75 heavy (non-hydrogen) atoms. The van der Waals surface area contributed by atoms with Gasteiger partial charge in [0.25, 0.3) is 0 Å². The number of aromatic nitrogens is 3. The van der Waals surface area contributed by atoms with Gasteiger partial charge in [0.15, 0.2) is 34.7 Å². The largest absolute Gasteiger partial charge is 0.681 e. The Morgan fingerprint density at radius 3 is 1.27 bits per heavy atom. The Hall–Kier alpha value is -2.84. The highest BCUT2D eigenvalue weighted by Crippen LogP contribution is 2.52. The molecule has 9 fully saturated rings. The molecule has 9 saturated heterocycles. The van der Waals surface area contributed by atoms with Gasteiger partial charge in [-0.1, -0.05) is 30.4 Å². The summed E-state index contributed by atoms with van der Waals surface area (Å²) in [6.45, 7) is 22.4. The van der Waals surface area contributed by atoms with Crippen LogP contribution in [0, 0.1) is 0 Å². The predicted molar refractivity (Wildman–Crippen MR) is 254 cm³/mol. The molecule has 0 aliphatic carbocycles. The summed E-state index contributed by atoms with van der Waals surface area (Å²) in [5.74, 6) is -12.1. The van der Waals surface area contributed by atoms with E-state index < -0.39 is 146 Å². The fraction of sp³-hybridized carbons (Fsp3) is 0.800. The first kappa shape index (κ1) is 52.8. The molecule has 2 unspecified atom stereocenters. The molecular formula is C50H71N3O21Si. The monoisotopic (exact) mass is 1080 g/mol. The molecule has 2 aromatic rings. The molecule has 0 bridgehead atoms. The standard InChI is InChI=1S/C50H71N3O21Si/c1-28-19-20-30(53-41(55)51(40(54)52(28)53)29-17-15-14-16-18-29)21-62-75(69-37-34-31(63-45(8,9)66-34)22-56-48(37)25-59-42(2,3)72-48,70-38-35-32(64-46(10,11)67-35)23-57-49(38)26-60-43(4,5)73-49)71-39-36-33(65-47(12,13)68-36)24-58-50(39)27-61-44(6,7)74-50/h14-20,28,30-39H,21-27H2,1-13H3/t28?,30?,31-,32-,33-,34-,35-,36-,37+,38+,39+,48+,49+,50+/m1/s1. The second-order valence-corrected chi connectivity index (χ2v) is 25.7. The van der Waals surface area contributed by atoms with Gasteiger partial charge in [-0.15, -0.1) is 0 Å². The molecule has 10 aliphatic rings. The zero-order valence-corrected chi connectivity index (χ0v) is 45.8. The summed E-state index contributed by atoms with van der Waals surface area (Å²) >= 11 is 0. The minimum Gasteiger partial charge on any atom is -0.349 e. The predicted octanol–water partition coefficient (Wildman–Crippen LogP) is 3.17. The zero-order valence-electron chi connectivity index (χ0n) is 44.8. The molecule has 0 amide bonds. The lowest BCUT2D eigenvalue weighted by atomic mass is 9.97. The molecule has 0 radical (unpaired) electrons. The second kappa shape index (κ2) is 17.6. The first-order chi connectivity index (χ1) is 35.0. The molecule has 12 rings (SSSR count). The Balaban J connectivity index is 1.06. The number of hydrogen-bond donors (Lipinski definition) is 0. The summed E-state index contributed by atoms with van der Waals surface area (Å²) in [4.78, 5) is 29.2. The van der Waals surface area contributed by atoms with E-state index in [-0.39, 0.29) is 39.6 Å². The van der Waals surface area contributed by atoms with Gasteiger partial charge >= 0.3 is 20.4 Å². The van der Waals surface area contributed by atoms with Crippen LogP contribution in [0.25, 0.3) is 5.69 Å². The van der Waals surface area contributed by atoms with E-state index in [0.29, 0.717) is 5.69 Å². The van der Waals surface area contributed by atoms with Crippen LogP contribution in [-0.2, 0) is 88.8 Å². The van der Waals surface area contributed by atoms with Gasteiger partial charge < -0.3 is 88.8 Å². The number of fused-ring (bicyclic) bond motifs is 4. The first-order valence-electron chi connectivity index (χ1n) is 25.9. The molecular weight excluding hydrogens is 1010 g/mol. The smallest absolute Gasteiger partial charge is 0.349 e. The van der Waals surface area contributed by atoms with Crippen LogP contribution < -0.4 is 11.4 Å². The summed E-state index contributed by atoms with van der Waals surface area (Å²) in [5.41, 5.74) is -0.793. The Morgan fingerprint density at radius 1 is 0.507 bits per heavy atom. The van der Waals surface area contributed by atoms with Crippen LogP contribution in [0.4, 0.5) is 0 Å². The molecule has 10 aliphatic heterocycles. The molecule has 24 nitrogen and oxygen atoms in total. The zero-order chi connectivity index (χ0) is 53.1. The van der Waals surface area contributed by atoms with Crippen molar-refractivity contribution in [1.82, 2.24) is 13.9 Å². The Labute approximate surface area is 435 Å². The summed E-state index contributed by atoms with van der Waals surface area (Å²) in [7, 11) is -5.40. The maximum atomic E-state index is 14.8. The molecule has 14 atom stereocenters. The third-order valence-corrected chi connectivity index (χ3v) is 17.2. The lowest BCUT2D eigenvalue weighted by molar-refractivity contribution is -0.356. The molecule has 3 spiro atoms. The number of para-hydroxylation sites is 1. The van der Waals surface area contributed by atoms with Crippen molar-refractivity contribution in [3.63, 3.8) is 0 Å². The van der Waals surface area contributed by atoms with Gasteiger partial charge in [-0.05, 0) is 102 Å². The third kappa shape index (κ3) is 9.22. The van der Waals surface area contributed by atoms with E-state index in [0.717, 1.165) is 4.57 Å². The summed E-state index contributed by atoms with van der Waals surface area (Å²) < 4.78 is 134. The normalized spacial score (nSPS) is 42.3. The van der Waals surface area contributed by atoms with Gasteiger partial charge in [0, 0.05) is 0 Å². The number of nitrogens with zero attached hydrogens (tertiary/aromatic N) is 3. The van der Waals surface area contributed by atoms with Gasteiger partial charge in [-0.25, -0.2) is 23.5 Å². The van der Waals surface area contributed by atoms with Crippen molar-refractivity contribution >= 4 is 9.05 Å². The number of rotatable bonds is 10. The van der Waals surface area contributed by atoms with Crippen LogP contribution in [0.15, 0.2) is 52.1 Å². The summed E-state index contributed by atoms with van der Waals surface area (Å²) in [6, 6.07) is 7.16. The fourth-order valence-electron chi connectivity index (χ4n) is 12.1. The molecule has 1 aromatic heterocycles. The van der Waals surface area contributed by atoms with Gasteiger partial charge in [0.2, 0.25) is 17.4 Å². The number of hydrogen-bond acceptors (Lipinski definition) is 21. The van der Waals surface area contributed by atoms with E-state index in [9.17, 15) is 9.59 Å². The van der Waals surface area contributed by atoms with E-state index in [1.165, 1.54) is 9.36 Å². The van der Waals surface area contributed by atoms with E-state index >= 15 is 0 Å². The lowest BCUT2D eigenvalue weighted by Gasteiger charge is -2.51. The van der Waals surface area contributed by atoms with E-state index in [4.69, 9.17) is 88.8 Å². The van der Waals surface area contributed by atoms with Gasteiger partial charge in [-0.3, -0.25) is 0 Å². The molecule has 416 valence electrons. The van der Waals surface area contributed by atoms with E-state index in [2.05, 4.69) is 0 Å². The molecule has 11 heterocycles. The fourth-order valence-corrected chi connectivity index (χ4v) is 14.7. The highest BCUT2D eigenvalue weighted by molar-refractivity contribution is 6.53. The van der Waals surface area contributed by atoms with Crippen LogP contribution in [0.2, 0.25) is 0 Å². The quantitative estimate of drug-likeness (QED) is 0.246. The SMILES string of the molecule is CC1C=CC(CO[Si](O[C@H]2[C@@H]3OC(C)(C)O[C@@H]3CO[C@]23COC(C)(C)O3)(O[C@H]2[C@@H]3OC(C)(C)O[C@@H]3CO[C@]23COC(C)(C)O3)O[C@H]2[C@@H]3OC(C)(C)O[C@@H]3CO[C@]23COC(C)(C)O3)n2c(=O)n(-c3ccccc3)c(=O)n21.